The van der Waals surface area contributed by atoms with Crippen LogP contribution in [-0.4, -0.2) is 53.6 Å². The Labute approximate surface area is 193 Å². The second-order valence-corrected chi connectivity index (χ2v) is 9.16. The van der Waals surface area contributed by atoms with E-state index in [1.165, 1.54) is 22.5 Å². The number of piperazine rings is 1. The number of likely N-dealkylation sites (N-methyl/N-ethyl adjacent to an activating group) is 1. The minimum absolute atomic E-state index is 0.263. The van der Waals surface area contributed by atoms with Gasteiger partial charge in [-0.25, -0.2) is 14.8 Å². The number of anilines is 2. The fraction of sp³-hybridized carbons (Fsp3) is 0.375. The molecule has 4 rings (SSSR count). The Bertz CT molecular complexity index is 1010. The number of thiazole rings is 1. The van der Waals surface area contributed by atoms with Crippen molar-refractivity contribution in [2.45, 2.75) is 26.8 Å². The molecule has 0 spiro atoms. The highest BCUT2D eigenvalue weighted by molar-refractivity contribution is 7.15. The van der Waals surface area contributed by atoms with Gasteiger partial charge < -0.3 is 15.1 Å². The van der Waals surface area contributed by atoms with Crippen LogP contribution in [-0.2, 0) is 13.0 Å². The van der Waals surface area contributed by atoms with Crippen molar-refractivity contribution >= 4 is 28.3 Å². The first kappa shape index (κ1) is 22.2. The van der Waals surface area contributed by atoms with E-state index in [0.29, 0.717) is 11.7 Å². The molecule has 2 N–H and O–H groups in total. The molecule has 0 unspecified atom stereocenters. The molecule has 1 fully saturated rings. The van der Waals surface area contributed by atoms with Crippen molar-refractivity contribution in [3.8, 4) is 0 Å². The van der Waals surface area contributed by atoms with Gasteiger partial charge in [0.1, 0.15) is 5.82 Å². The van der Waals surface area contributed by atoms with E-state index >= 15 is 0 Å². The number of aromatic nitrogens is 2. The third-order valence-electron chi connectivity index (χ3n) is 5.68. The number of pyridine rings is 1. The van der Waals surface area contributed by atoms with Crippen LogP contribution in [0.1, 0.15) is 28.5 Å². The highest BCUT2D eigenvalue weighted by atomic mass is 32.1. The Hall–Kier alpha value is -2.97. The third kappa shape index (κ3) is 6.05. The second-order valence-electron chi connectivity index (χ2n) is 8.05. The average molecular weight is 451 g/mol. The fourth-order valence-corrected chi connectivity index (χ4v) is 4.52. The summed E-state index contributed by atoms with van der Waals surface area (Å²) in [5, 5.41) is 6.31. The summed E-state index contributed by atoms with van der Waals surface area (Å²) in [6.07, 6.45) is 4.47. The van der Waals surface area contributed by atoms with Crippen LogP contribution in [0.4, 0.5) is 15.7 Å². The third-order valence-corrected chi connectivity index (χ3v) is 6.59. The smallest absolute Gasteiger partial charge is 0.321 e. The van der Waals surface area contributed by atoms with Crippen molar-refractivity contribution in [1.82, 2.24) is 20.2 Å². The molecule has 3 heterocycles. The molecule has 0 atom stereocenters. The number of hydrogen-bond acceptors (Lipinski definition) is 6. The summed E-state index contributed by atoms with van der Waals surface area (Å²) >= 11 is 1.50. The van der Waals surface area contributed by atoms with Gasteiger partial charge in [0.2, 0.25) is 0 Å². The molecule has 0 bridgehead atoms. The van der Waals surface area contributed by atoms with Crippen LogP contribution in [0.15, 0.2) is 48.8 Å². The molecule has 7 nitrogen and oxygen atoms in total. The highest BCUT2D eigenvalue weighted by Crippen LogP contribution is 2.21. The number of hydrogen-bond donors (Lipinski definition) is 2. The Morgan fingerprint density at radius 2 is 1.75 bits per heavy atom. The van der Waals surface area contributed by atoms with Gasteiger partial charge in [0.25, 0.3) is 0 Å². The molecule has 1 aliphatic heterocycles. The maximum Gasteiger partial charge on any atom is 0.321 e. The predicted molar refractivity (Wildman–Crippen MR) is 131 cm³/mol. The molecule has 1 aliphatic rings. The van der Waals surface area contributed by atoms with Crippen LogP contribution >= 0.6 is 11.3 Å². The van der Waals surface area contributed by atoms with Gasteiger partial charge in [-0.05, 0) is 30.7 Å². The number of urea groups is 1. The molecule has 168 valence electrons. The van der Waals surface area contributed by atoms with Crippen LogP contribution in [0, 0.1) is 6.92 Å². The lowest BCUT2D eigenvalue weighted by Crippen LogP contribution is -2.46. The van der Waals surface area contributed by atoms with E-state index in [1.807, 2.05) is 24.5 Å². The van der Waals surface area contributed by atoms with Crippen molar-refractivity contribution in [3.63, 3.8) is 0 Å². The van der Waals surface area contributed by atoms with Crippen LogP contribution in [0.2, 0.25) is 0 Å². The summed E-state index contributed by atoms with van der Waals surface area (Å²) < 4.78 is 0. The van der Waals surface area contributed by atoms with Gasteiger partial charge in [0.05, 0.1) is 0 Å². The summed E-state index contributed by atoms with van der Waals surface area (Å²) in [4.78, 5) is 27.1. The fourth-order valence-electron chi connectivity index (χ4n) is 3.68. The molecule has 3 aromatic rings. The monoisotopic (exact) mass is 450 g/mol. The van der Waals surface area contributed by atoms with E-state index in [1.54, 1.807) is 0 Å². The van der Waals surface area contributed by atoms with Crippen LogP contribution in [0.5, 0.6) is 0 Å². The lowest BCUT2D eigenvalue weighted by atomic mass is 10.1. The van der Waals surface area contributed by atoms with Crippen molar-refractivity contribution in [3.05, 3.63) is 70.4 Å². The summed E-state index contributed by atoms with van der Waals surface area (Å²) in [7, 11) is 0. The summed E-state index contributed by atoms with van der Waals surface area (Å²) in [6, 6.07) is 12.3. The quantitative estimate of drug-likeness (QED) is 0.571. The first-order valence-corrected chi connectivity index (χ1v) is 11.9. The number of benzene rings is 1. The topological polar surface area (TPSA) is 73.4 Å². The molecular formula is C24H30N6OS. The van der Waals surface area contributed by atoms with E-state index < -0.39 is 0 Å². The molecule has 8 heteroatoms. The normalized spacial score (nSPS) is 14.4. The van der Waals surface area contributed by atoms with Crippen molar-refractivity contribution in [2.75, 3.05) is 42.9 Å². The number of rotatable bonds is 7. The van der Waals surface area contributed by atoms with E-state index in [0.717, 1.165) is 55.4 Å². The highest BCUT2D eigenvalue weighted by Gasteiger charge is 2.16. The van der Waals surface area contributed by atoms with Gasteiger partial charge in [-0.15, -0.1) is 11.3 Å². The number of carbonyl (C=O) groups excluding carboxylic acids is 1. The molecule has 2 aromatic heterocycles. The van der Waals surface area contributed by atoms with Gasteiger partial charge in [0.15, 0.2) is 5.13 Å². The summed E-state index contributed by atoms with van der Waals surface area (Å²) in [5.41, 5.74) is 3.45. The Morgan fingerprint density at radius 3 is 2.44 bits per heavy atom. The van der Waals surface area contributed by atoms with Crippen molar-refractivity contribution < 1.29 is 4.79 Å². The van der Waals surface area contributed by atoms with Gasteiger partial charge in [-0.2, -0.15) is 0 Å². The van der Waals surface area contributed by atoms with Gasteiger partial charge in [0, 0.05) is 56.4 Å². The maximum absolute atomic E-state index is 12.3. The van der Waals surface area contributed by atoms with Crippen LogP contribution in [0.3, 0.4) is 0 Å². The Balaban J connectivity index is 1.23. The predicted octanol–water partition coefficient (Wildman–Crippen LogP) is 3.90. The molecule has 32 heavy (non-hydrogen) atoms. The van der Waals surface area contributed by atoms with E-state index in [2.05, 4.69) is 68.5 Å². The van der Waals surface area contributed by atoms with Crippen molar-refractivity contribution in [1.29, 1.82) is 0 Å². The molecule has 1 saturated heterocycles. The number of amides is 2. The minimum atomic E-state index is -0.263. The summed E-state index contributed by atoms with van der Waals surface area (Å²) in [6.45, 7) is 9.95. The Morgan fingerprint density at radius 1 is 1.00 bits per heavy atom. The molecule has 0 aliphatic carbocycles. The molecule has 1 aromatic carbocycles. The first-order chi connectivity index (χ1) is 15.6. The average Bonchev–Trinajstić information content (AvgIpc) is 3.26. The first-order valence-electron chi connectivity index (χ1n) is 11.1. The van der Waals surface area contributed by atoms with Crippen molar-refractivity contribution in [2.24, 2.45) is 0 Å². The number of nitrogens with one attached hydrogen (secondary N) is 2. The van der Waals surface area contributed by atoms with Gasteiger partial charge >= 0.3 is 6.03 Å². The van der Waals surface area contributed by atoms with Crippen LogP contribution in [0.25, 0.3) is 0 Å². The Kier molecular flexibility index (Phi) is 7.34. The zero-order chi connectivity index (χ0) is 22.3. The van der Waals surface area contributed by atoms with E-state index in [9.17, 15) is 4.79 Å². The molecular weight excluding hydrogens is 420 g/mol. The standard InChI is InChI=1S/C24H30N6OS/c1-3-29-10-12-30(13-11-29)22-9-8-20(15-25-22)16-26-23(31)28-24-27-17-21(32-24)14-19-6-4-18(2)5-7-19/h4-9,15,17H,3,10-14,16H2,1-2H3,(H2,26,27,28,31). The number of carbonyl (C=O) groups is 1. The van der Waals surface area contributed by atoms with Gasteiger partial charge in [-0.3, -0.25) is 5.32 Å². The maximum atomic E-state index is 12.3. The SMILES string of the molecule is CCN1CCN(c2ccc(CNC(=O)Nc3ncc(Cc4ccc(C)cc4)s3)cn2)CC1. The van der Waals surface area contributed by atoms with Crippen LogP contribution < -0.4 is 15.5 Å². The second kappa shape index (κ2) is 10.6. The molecule has 0 radical (unpaired) electrons. The minimum Gasteiger partial charge on any atom is -0.354 e. The summed E-state index contributed by atoms with van der Waals surface area (Å²) in [5.74, 6) is 0.998. The zero-order valence-corrected chi connectivity index (χ0v) is 19.5. The van der Waals surface area contributed by atoms with E-state index in [4.69, 9.17) is 0 Å². The van der Waals surface area contributed by atoms with E-state index in [-0.39, 0.29) is 6.03 Å². The molecule has 0 saturated carbocycles. The lowest BCUT2D eigenvalue weighted by Gasteiger charge is -2.34. The largest absolute Gasteiger partial charge is 0.354 e. The lowest BCUT2D eigenvalue weighted by molar-refractivity contribution is 0.251. The zero-order valence-electron chi connectivity index (χ0n) is 18.7. The number of nitrogens with zero attached hydrogens (tertiary/aromatic N) is 4. The molecule has 2 amide bonds. The van der Waals surface area contributed by atoms with Gasteiger partial charge in [-0.1, -0.05) is 42.8 Å². The number of aryl methyl sites for hydroxylation is 1.